The van der Waals surface area contributed by atoms with Crippen LogP contribution in [0, 0.1) is 11.8 Å². The molecule has 0 N–H and O–H groups in total. The van der Waals surface area contributed by atoms with E-state index < -0.39 is 35.7 Å². The molecule has 1 spiro atoms. The molecule has 0 aromatic carbocycles. The number of amides is 1. The van der Waals surface area contributed by atoms with Gasteiger partial charge in [0.25, 0.3) is 0 Å². The minimum absolute atomic E-state index is 0.180. The number of nitrogens with zero attached hydrogens (tertiary/aromatic N) is 1. The smallest absolute Gasteiger partial charge is 0.232 e. The Hall–Kier alpha value is -1.40. The minimum atomic E-state index is -1.22. The predicted octanol–water partition coefficient (Wildman–Crippen LogP) is -1.74. The molecule has 6 nitrogen and oxygen atoms in total. The first-order valence-electron chi connectivity index (χ1n) is 6.15. The summed E-state index contributed by atoms with van der Waals surface area (Å²) in [5, 5.41) is 11.2. The zero-order chi connectivity index (χ0) is 12.5. The number of fused-ring (bicyclic) bond motifs is 2. The maximum absolute atomic E-state index is 12.4. The molecule has 0 aliphatic carbocycles. The summed E-state index contributed by atoms with van der Waals surface area (Å²) in [7, 11) is 0. The van der Waals surface area contributed by atoms with Crippen molar-refractivity contribution in [1.29, 1.82) is 0 Å². The number of carboxylic acid groups (broad SMARTS) is 1. The third-order valence-corrected chi connectivity index (χ3v) is 4.40. The predicted molar refractivity (Wildman–Crippen MR) is 54.8 cm³/mol. The van der Waals surface area contributed by atoms with E-state index in [1.807, 2.05) is 0 Å². The van der Waals surface area contributed by atoms with Crippen molar-refractivity contribution >= 4 is 11.9 Å². The number of hydrogen-bond acceptors (Lipinski definition) is 5. The summed E-state index contributed by atoms with van der Waals surface area (Å²) in [6, 6.07) is 0. The first-order chi connectivity index (χ1) is 8.65. The molecular formula is C12H12NO5-. The lowest BCUT2D eigenvalue weighted by atomic mass is 9.76. The van der Waals surface area contributed by atoms with Gasteiger partial charge in [-0.05, 0) is 12.5 Å². The van der Waals surface area contributed by atoms with Gasteiger partial charge in [-0.2, -0.15) is 0 Å². The van der Waals surface area contributed by atoms with Crippen molar-refractivity contribution < 1.29 is 24.2 Å². The molecule has 4 rings (SSSR count). The van der Waals surface area contributed by atoms with Crippen LogP contribution in [0.2, 0.25) is 0 Å². The molecule has 0 unspecified atom stereocenters. The standard InChI is InChI=1S/C12H13NO5/c14-9-8-7(10(15)16)6-2-3-12(8,18-6)11-13(9)4-1-5-17-11/h2-3,6-8,11H,1,4-5H2,(H,15,16)/p-1/t6-,7+,8+,11+,12+/m0/s1. The average molecular weight is 250 g/mol. The van der Waals surface area contributed by atoms with Gasteiger partial charge in [0.05, 0.1) is 18.6 Å². The van der Waals surface area contributed by atoms with E-state index >= 15 is 0 Å². The summed E-state index contributed by atoms with van der Waals surface area (Å²) < 4.78 is 11.4. The summed E-state index contributed by atoms with van der Waals surface area (Å²) in [6.45, 7) is 1.17. The Bertz CT molecular complexity index is 475. The molecule has 0 saturated carbocycles. The van der Waals surface area contributed by atoms with E-state index in [4.69, 9.17) is 9.47 Å². The number of carbonyl (C=O) groups excluding carboxylic acids is 2. The summed E-state index contributed by atoms with van der Waals surface area (Å²) in [6.07, 6.45) is 3.25. The molecule has 4 aliphatic heterocycles. The van der Waals surface area contributed by atoms with Gasteiger partial charge in [-0.25, -0.2) is 0 Å². The van der Waals surface area contributed by atoms with Crippen molar-refractivity contribution in [2.45, 2.75) is 24.4 Å². The largest absolute Gasteiger partial charge is 0.550 e. The van der Waals surface area contributed by atoms with Crippen LogP contribution in [0.3, 0.4) is 0 Å². The van der Waals surface area contributed by atoms with E-state index in [-0.39, 0.29) is 5.91 Å². The molecule has 0 aromatic heterocycles. The average Bonchev–Trinajstić information content (AvgIpc) is 2.99. The maximum atomic E-state index is 12.4. The van der Waals surface area contributed by atoms with E-state index in [9.17, 15) is 14.7 Å². The van der Waals surface area contributed by atoms with Crippen LogP contribution in [-0.4, -0.2) is 47.9 Å². The third-order valence-electron chi connectivity index (χ3n) is 4.40. The number of ether oxygens (including phenoxy) is 2. The van der Waals surface area contributed by atoms with E-state index in [1.54, 1.807) is 17.1 Å². The summed E-state index contributed by atoms with van der Waals surface area (Å²) >= 11 is 0. The van der Waals surface area contributed by atoms with Gasteiger partial charge in [0.15, 0.2) is 6.23 Å². The molecule has 18 heavy (non-hydrogen) atoms. The number of carbonyl (C=O) groups is 2. The van der Waals surface area contributed by atoms with Gasteiger partial charge in [-0.3, -0.25) is 4.79 Å². The second-order valence-electron chi connectivity index (χ2n) is 5.23. The van der Waals surface area contributed by atoms with Crippen molar-refractivity contribution in [2.24, 2.45) is 11.8 Å². The van der Waals surface area contributed by atoms with Gasteiger partial charge in [0.2, 0.25) is 5.91 Å². The van der Waals surface area contributed by atoms with Crippen molar-refractivity contribution in [3.8, 4) is 0 Å². The highest BCUT2D eigenvalue weighted by atomic mass is 16.6. The normalized spacial score (nSPS) is 48.4. The first kappa shape index (κ1) is 10.5. The van der Waals surface area contributed by atoms with E-state index in [0.29, 0.717) is 13.2 Å². The van der Waals surface area contributed by atoms with Gasteiger partial charge in [0.1, 0.15) is 5.60 Å². The molecule has 4 aliphatic rings. The fourth-order valence-corrected chi connectivity index (χ4v) is 3.73. The lowest BCUT2D eigenvalue weighted by Crippen LogP contribution is -2.50. The van der Waals surface area contributed by atoms with Crippen LogP contribution in [0.15, 0.2) is 12.2 Å². The quantitative estimate of drug-likeness (QED) is 0.516. The number of rotatable bonds is 1. The molecule has 5 atom stereocenters. The zero-order valence-electron chi connectivity index (χ0n) is 9.57. The van der Waals surface area contributed by atoms with Gasteiger partial charge < -0.3 is 24.3 Å². The van der Waals surface area contributed by atoms with Crippen molar-refractivity contribution in [3.63, 3.8) is 0 Å². The molecule has 0 aromatic rings. The third kappa shape index (κ3) is 0.976. The number of carboxylic acids is 1. The molecular weight excluding hydrogens is 238 g/mol. The van der Waals surface area contributed by atoms with E-state index in [1.165, 1.54) is 0 Å². The molecule has 3 fully saturated rings. The first-order valence-corrected chi connectivity index (χ1v) is 6.15. The Morgan fingerprint density at radius 1 is 1.56 bits per heavy atom. The van der Waals surface area contributed by atoms with Crippen LogP contribution < -0.4 is 5.11 Å². The van der Waals surface area contributed by atoms with Crippen LogP contribution in [0.1, 0.15) is 6.42 Å². The number of aliphatic carboxylic acids is 1. The Morgan fingerprint density at radius 3 is 3.17 bits per heavy atom. The second-order valence-corrected chi connectivity index (χ2v) is 5.23. The highest BCUT2D eigenvalue weighted by Crippen LogP contribution is 2.55. The van der Waals surface area contributed by atoms with Crippen LogP contribution in [-0.2, 0) is 19.1 Å². The SMILES string of the molecule is O=C([O-])[C@@H]1[C@@H]2C=C[C@@]3(O2)[C@H]1C(=O)N1CCCO[C@@H]13. The molecule has 96 valence electrons. The molecule has 0 radical (unpaired) electrons. The van der Waals surface area contributed by atoms with Crippen LogP contribution in [0.4, 0.5) is 0 Å². The van der Waals surface area contributed by atoms with Crippen LogP contribution in [0.5, 0.6) is 0 Å². The zero-order valence-corrected chi connectivity index (χ0v) is 9.57. The van der Waals surface area contributed by atoms with Crippen LogP contribution >= 0.6 is 0 Å². The van der Waals surface area contributed by atoms with E-state index in [2.05, 4.69) is 0 Å². The summed E-state index contributed by atoms with van der Waals surface area (Å²) in [5.74, 6) is -2.98. The lowest BCUT2D eigenvalue weighted by molar-refractivity contribution is -0.313. The lowest BCUT2D eigenvalue weighted by Gasteiger charge is -2.36. The summed E-state index contributed by atoms with van der Waals surface area (Å²) in [4.78, 5) is 25.2. The second kappa shape index (κ2) is 3.13. The van der Waals surface area contributed by atoms with Crippen molar-refractivity contribution in [2.75, 3.05) is 13.2 Å². The Kier molecular flexibility index (Phi) is 1.83. The van der Waals surface area contributed by atoms with Crippen molar-refractivity contribution in [1.82, 2.24) is 4.90 Å². The highest BCUT2D eigenvalue weighted by molar-refractivity contribution is 5.90. The fraction of sp³-hybridized carbons (Fsp3) is 0.667. The van der Waals surface area contributed by atoms with E-state index in [0.717, 1.165) is 6.42 Å². The fourth-order valence-electron chi connectivity index (χ4n) is 3.73. The Morgan fingerprint density at radius 2 is 2.39 bits per heavy atom. The maximum Gasteiger partial charge on any atom is 0.232 e. The topological polar surface area (TPSA) is 78.9 Å². The highest BCUT2D eigenvalue weighted by Gasteiger charge is 2.70. The van der Waals surface area contributed by atoms with Gasteiger partial charge in [-0.1, -0.05) is 6.08 Å². The summed E-state index contributed by atoms with van der Waals surface area (Å²) in [5.41, 5.74) is -0.910. The molecule has 4 heterocycles. The molecule has 3 saturated heterocycles. The Labute approximate surface area is 103 Å². The molecule has 6 heteroatoms. The molecule has 2 bridgehead atoms. The number of hydrogen-bond donors (Lipinski definition) is 0. The van der Waals surface area contributed by atoms with Gasteiger partial charge >= 0.3 is 0 Å². The van der Waals surface area contributed by atoms with Gasteiger partial charge in [0, 0.05) is 18.4 Å². The van der Waals surface area contributed by atoms with Crippen LogP contribution in [0.25, 0.3) is 0 Å². The molecule has 1 amide bonds. The monoisotopic (exact) mass is 250 g/mol. The minimum Gasteiger partial charge on any atom is -0.550 e. The Balaban J connectivity index is 1.82. The van der Waals surface area contributed by atoms with Gasteiger partial charge in [-0.15, -0.1) is 0 Å². The van der Waals surface area contributed by atoms with Crippen molar-refractivity contribution in [3.05, 3.63) is 12.2 Å².